The van der Waals surface area contributed by atoms with Crippen molar-refractivity contribution in [3.63, 3.8) is 0 Å². The number of halogens is 2. The molecule has 158 valence electrons. The molecule has 0 aliphatic carbocycles. The Balaban J connectivity index is 2.13. The van der Waals surface area contributed by atoms with Crippen LogP contribution in [0.25, 0.3) is 5.76 Å². The van der Waals surface area contributed by atoms with Crippen LogP contribution in [0.3, 0.4) is 0 Å². The van der Waals surface area contributed by atoms with Gasteiger partial charge in [-0.05, 0) is 63.0 Å². The Kier molecular flexibility index (Phi) is 6.71. The summed E-state index contributed by atoms with van der Waals surface area (Å²) < 4.78 is 0. The first-order valence-electron chi connectivity index (χ1n) is 9.38. The fourth-order valence-corrected chi connectivity index (χ4v) is 3.80. The minimum atomic E-state index is -0.809. The van der Waals surface area contributed by atoms with E-state index in [0.29, 0.717) is 23.6 Å². The van der Waals surface area contributed by atoms with Gasteiger partial charge in [0, 0.05) is 16.6 Å². The molecule has 1 atom stereocenters. The minimum Gasteiger partial charge on any atom is -0.507 e. The minimum absolute atomic E-state index is 0.00671. The number of aliphatic hydroxyl groups excluding tert-OH is 1. The highest BCUT2D eigenvalue weighted by Crippen LogP contribution is 2.41. The Morgan fingerprint density at radius 2 is 1.70 bits per heavy atom. The summed E-state index contributed by atoms with van der Waals surface area (Å²) in [6.07, 6.45) is 0.645. The van der Waals surface area contributed by atoms with Gasteiger partial charge >= 0.3 is 0 Å². The molecule has 0 bridgehead atoms. The van der Waals surface area contributed by atoms with Crippen molar-refractivity contribution in [2.45, 2.75) is 12.5 Å². The summed E-state index contributed by atoms with van der Waals surface area (Å²) in [6, 6.07) is 10.1. The van der Waals surface area contributed by atoms with Crippen molar-refractivity contribution >= 4 is 40.7 Å². The fourth-order valence-electron chi connectivity index (χ4n) is 3.50. The molecule has 1 heterocycles. The number of nitrogens with zero attached hydrogens (tertiary/aromatic N) is 2. The van der Waals surface area contributed by atoms with Crippen molar-refractivity contribution in [2.75, 3.05) is 27.2 Å². The maximum Gasteiger partial charge on any atom is 0.295 e. The molecule has 0 radical (unpaired) electrons. The molecule has 0 spiro atoms. The predicted octanol–water partition coefficient (Wildman–Crippen LogP) is 4.07. The van der Waals surface area contributed by atoms with E-state index in [2.05, 4.69) is 0 Å². The Hall–Kier alpha value is -2.54. The number of carbonyl (C=O) groups excluding carboxylic acids is 2. The lowest BCUT2D eigenvalue weighted by atomic mass is 9.95. The average Bonchev–Trinajstić information content (AvgIpc) is 2.94. The fraction of sp³-hybridized carbons (Fsp3) is 0.273. The van der Waals surface area contributed by atoms with Gasteiger partial charge in [0.2, 0.25) is 0 Å². The molecule has 6 nitrogen and oxygen atoms in total. The van der Waals surface area contributed by atoms with E-state index in [1.54, 1.807) is 24.3 Å². The molecule has 2 aromatic carbocycles. The largest absolute Gasteiger partial charge is 0.507 e. The van der Waals surface area contributed by atoms with Crippen LogP contribution >= 0.6 is 23.2 Å². The molecule has 1 aliphatic rings. The van der Waals surface area contributed by atoms with Crippen molar-refractivity contribution in [3.8, 4) is 5.75 Å². The summed E-state index contributed by atoms with van der Waals surface area (Å²) in [5.74, 6) is -2.22. The molecule has 0 aromatic heterocycles. The number of hydrogen-bond acceptors (Lipinski definition) is 5. The first-order valence-corrected chi connectivity index (χ1v) is 10.1. The van der Waals surface area contributed by atoms with Gasteiger partial charge in [0.15, 0.2) is 0 Å². The molecule has 0 saturated carbocycles. The van der Waals surface area contributed by atoms with Crippen LogP contribution in [-0.2, 0) is 9.59 Å². The van der Waals surface area contributed by atoms with Crippen LogP contribution in [0.1, 0.15) is 23.6 Å². The first-order chi connectivity index (χ1) is 14.2. The van der Waals surface area contributed by atoms with Crippen LogP contribution < -0.4 is 0 Å². The lowest BCUT2D eigenvalue weighted by molar-refractivity contribution is -0.139. The van der Waals surface area contributed by atoms with Gasteiger partial charge in [-0.25, -0.2) is 0 Å². The number of ketones is 1. The van der Waals surface area contributed by atoms with Gasteiger partial charge in [0.05, 0.1) is 17.2 Å². The van der Waals surface area contributed by atoms with Crippen LogP contribution in [0.4, 0.5) is 0 Å². The number of benzene rings is 2. The maximum atomic E-state index is 12.9. The van der Waals surface area contributed by atoms with Gasteiger partial charge in [-0.2, -0.15) is 0 Å². The van der Waals surface area contributed by atoms with E-state index in [4.69, 9.17) is 23.2 Å². The monoisotopic (exact) mass is 448 g/mol. The van der Waals surface area contributed by atoms with E-state index in [1.807, 2.05) is 19.0 Å². The Morgan fingerprint density at radius 3 is 2.33 bits per heavy atom. The molecule has 1 amide bonds. The van der Waals surface area contributed by atoms with Gasteiger partial charge in [-0.15, -0.1) is 0 Å². The van der Waals surface area contributed by atoms with E-state index in [-0.39, 0.29) is 21.9 Å². The second-order valence-electron chi connectivity index (χ2n) is 7.36. The zero-order valence-corrected chi connectivity index (χ0v) is 18.1. The summed E-state index contributed by atoms with van der Waals surface area (Å²) in [5, 5.41) is 21.9. The lowest BCUT2D eigenvalue weighted by Gasteiger charge is -2.26. The number of amides is 1. The van der Waals surface area contributed by atoms with Crippen molar-refractivity contribution in [3.05, 3.63) is 69.2 Å². The number of rotatable bonds is 6. The number of phenols is 1. The van der Waals surface area contributed by atoms with Gasteiger partial charge in [-0.3, -0.25) is 9.59 Å². The van der Waals surface area contributed by atoms with Crippen molar-refractivity contribution in [1.29, 1.82) is 0 Å². The van der Waals surface area contributed by atoms with Gasteiger partial charge in [0.1, 0.15) is 11.5 Å². The van der Waals surface area contributed by atoms with Crippen LogP contribution in [0.2, 0.25) is 10.0 Å². The van der Waals surface area contributed by atoms with Crippen LogP contribution in [0.5, 0.6) is 5.75 Å². The number of likely N-dealkylation sites (tertiary alicyclic amines) is 1. The molecular weight excluding hydrogens is 427 g/mol. The third-order valence-electron chi connectivity index (χ3n) is 4.94. The summed E-state index contributed by atoms with van der Waals surface area (Å²) >= 11 is 12.0. The van der Waals surface area contributed by atoms with E-state index < -0.39 is 23.5 Å². The number of Topliss-reactive ketones (excluding diaryl/α,β-unsaturated/α-hetero) is 1. The normalized spacial score (nSPS) is 18.4. The number of aromatic hydroxyl groups is 1. The third-order valence-corrected chi connectivity index (χ3v) is 5.43. The molecule has 2 N–H and O–H groups in total. The van der Waals surface area contributed by atoms with Crippen LogP contribution in [0.15, 0.2) is 48.0 Å². The summed E-state index contributed by atoms with van der Waals surface area (Å²) in [4.78, 5) is 29.2. The number of hydrogen-bond donors (Lipinski definition) is 2. The van der Waals surface area contributed by atoms with Crippen molar-refractivity contribution < 1.29 is 19.8 Å². The van der Waals surface area contributed by atoms with Gasteiger partial charge in [0.25, 0.3) is 11.7 Å². The van der Waals surface area contributed by atoms with E-state index >= 15 is 0 Å². The highest BCUT2D eigenvalue weighted by atomic mass is 35.5. The Bertz CT molecular complexity index is 1000. The van der Waals surface area contributed by atoms with Gasteiger partial charge < -0.3 is 20.0 Å². The Labute approximate surface area is 184 Å². The summed E-state index contributed by atoms with van der Waals surface area (Å²) in [7, 11) is 3.85. The summed E-state index contributed by atoms with van der Waals surface area (Å²) in [6.45, 7) is 1.06. The van der Waals surface area contributed by atoms with E-state index in [9.17, 15) is 19.8 Å². The molecule has 1 fully saturated rings. The highest BCUT2D eigenvalue weighted by molar-refractivity contribution is 6.46. The SMILES string of the molecule is CN(C)CCCN1C(=O)C(=O)/C(=C(/O)c2cc(Cl)ccc2O)C1c1ccc(Cl)cc1. The average molecular weight is 449 g/mol. The quantitative estimate of drug-likeness (QED) is 0.395. The van der Waals surface area contributed by atoms with Crippen LogP contribution in [0, 0.1) is 0 Å². The number of phenolic OH excluding ortho intramolecular Hbond substituents is 1. The van der Waals surface area contributed by atoms with Crippen LogP contribution in [-0.4, -0.2) is 58.9 Å². The first kappa shape index (κ1) is 22.2. The lowest BCUT2D eigenvalue weighted by Crippen LogP contribution is -2.32. The number of carbonyl (C=O) groups is 2. The molecule has 2 aromatic rings. The van der Waals surface area contributed by atoms with E-state index in [1.165, 1.54) is 23.1 Å². The highest BCUT2D eigenvalue weighted by Gasteiger charge is 2.46. The molecule has 1 unspecified atom stereocenters. The van der Waals surface area contributed by atoms with Gasteiger partial charge in [-0.1, -0.05) is 35.3 Å². The third kappa shape index (κ3) is 4.46. The second kappa shape index (κ2) is 9.08. The molecule has 1 saturated heterocycles. The predicted molar refractivity (Wildman–Crippen MR) is 117 cm³/mol. The smallest absolute Gasteiger partial charge is 0.295 e. The van der Waals surface area contributed by atoms with Crippen molar-refractivity contribution in [2.24, 2.45) is 0 Å². The Morgan fingerprint density at radius 1 is 1.07 bits per heavy atom. The second-order valence-corrected chi connectivity index (χ2v) is 8.24. The number of aliphatic hydroxyl groups is 1. The van der Waals surface area contributed by atoms with E-state index in [0.717, 1.165) is 6.54 Å². The molecular formula is C22H22Cl2N2O4. The zero-order valence-electron chi connectivity index (χ0n) is 16.6. The van der Waals surface area contributed by atoms with Crippen molar-refractivity contribution in [1.82, 2.24) is 9.80 Å². The summed E-state index contributed by atoms with van der Waals surface area (Å²) in [5.41, 5.74) is 0.531. The maximum absolute atomic E-state index is 12.9. The molecule has 30 heavy (non-hydrogen) atoms. The standard InChI is InChI=1S/C22H22Cl2N2O4/c1-25(2)10-3-11-26-19(13-4-6-14(23)7-5-13)18(21(29)22(26)30)20(28)16-12-15(24)8-9-17(16)27/h4-9,12,19,27-28H,3,10-11H2,1-2H3/b20-18+. The topological polar surface area (TPSA) is 81.1 Å². The molecule has 8 heteroatoms. The zero-order chi connectivity index (χ0) is 22.0. The molecule has 1 aliphatic heterocycles. The molecule has 3 rings (SSSR count).